The van der Waals surface area contributed by atoms with Gasteiger partial charge in [-0.15, -0.1) is 34.9 Å². The molecule has 2 fully saturated rings. The van der Waals surface area contributed by atoms with E-state index in [-0.39, 0.29) is 45.2 Å². The SMILES string of the molecule is C.Cc1[c-]c(-c2cc3c4c(cccc4n2)C=C3)cc(C)c1.O=C(C=C(O)C1CCCC1)C1CCCC1.[Ir]. The first-order chi connectivity index (χ1) is 17.0. The average Bonchev–Trinajstić information content (AvgIpc) is 3.61. The second-order valence-corrected chi connectivity index (χ2v) is 10.4. The maximum atomic E-state index is 11.8. The zero-order valence-corrected chi connectivity index (χ0v) is 23.5. The van der Waals surface area contributed by atoms with Crippen LogP contribution in [0.5, 0.6) is 0 Å². The van der Waals surface area contributed by atoms with Crippen LogP contribution in [0.25, 0.3) is 34.3 Å². The number of aliphatic hydroxyl groups is 1. The van der Waals surface area contributed by atoms with Crippen LogP contribution in [-0.4, -0.2) is 15.9 Å². The number of hydrogen-bond donors (Lipinski definition) is 1. The van der Waals surface area contributed by atoms with Gasteiger partial charge in [-0.2, -0.15) is 0 Å². The van der Waals surface area contributed by atoms with Gasteiger partial charge in [0.25, 0.3) is 0 Å². The first-order valence-electron chi connectivity index (χ1n) is 13.0. The van der Waals surface area contributed by atoms with Gasteiger partial charge in [0.05, 0.1) is 11.3 Å². The number of pyridine rings is 1. The van der Waals surface area contributed by atoms with E-state index in [4.69, 9.17) is 4.98 Å². The summed E-state index contributed by atoms with van der Waals surface area (Å²) in [5, 5.41) is 11.1. The van der Waals surface area contributed by atoms with Gasteiger partial charge >= 0.3 is 0 Å². The molecule has 0 bridgehead atoms. The number of carbonyl (C=O) groups excluding carboxylic acids is 1. The minimum atomic E-state index is 0. The summed E-state index contributed by atoms with van der Waals surface area (Å²) < 4.78 is 0. The Balaban J connectivity index is 0.000000203. The molecule has 0 unspecified atom stereocenters. The molecule has 0 aliphatic heterocycles. The van der Waals surface area contributed by atoms with Crippen molar-refractivity contribution in [1.82, 2.24) is 4.98 Å². The van der Waals surface area contributed by atoms with Gasteiger partial charge in [0.2, 0.25) is 0 Å². The van der Waals surface area contributed by atoms with Crippen molar-refractivity contribution in [3.05, 3.63) is 76.6 Å². The average molecular weight is 673 g/mol. The second kappa shape index (κ2) is 12.8. The number of aryl methyl sites for hydroxylation is 2. The summed E-state index contributed by atoms with van der Waals surface area (Å²) in [4.78, 5) is 16.6. The molecular weight excluding hydrogens is 635 g/mol. The molecule has 37 heavy (non-hydrogen) atoms. The van der Waals surface area contributed by atoms with Gasteiger partial charge in [-0.1, -0.05) is 77.3 Å². The molecule has 3 nitrogen and oxygen atoms in total. The van der Waals surface area contributed by atoms with E-state index in [9.17, 15) is 9.90 Å². The quantitative estimate of drug-likeness (QED) is 0.134. The molecule has 1 N–H and O–H groups in total. The van der Waals surface area contributed by atoms with Gasteiger partial charge in [-0.25, -0.2) is 0 Å². The number of aliphatic hydroxyl groups excluding tert-OH is 1. The van der Waals surface area contributed by atoms with E-state index in [1.165, 1.54) is 53.8 Å². The van der Waals surface area contributed by atoms with E-state index in [0.717, 1.165) is 48.0 Å². The van der Waals surface area contributed by atoms with Crippen molar-refractivity contribution in [2.75, 3.05) is 0 Å². The molecule has 3 aliphatic rings. The largest absolute Gasteiger partial charge is 0.512 e. The van der Waals surface area contributed by atoms with Crippen molar-refractivity contribution in [3.8, 4) is 11.3 Å². The summed E-state index contributed by atoms with van der Waals surface area (Å²) >= 11 is 0. The van der Waals surface area contributed by atoms with Gasteiger partial charge in [-0.05, 0) is 48.6 Å². The second-order valence-electron chi connectivity index (χ2n) is 10.4. The molecule has 0 spiro atoms. The Labute approximate surface area is 235 Å². The summed E-state index contributed by atoms with van der Waals surface area (Å²) in [7, 11) is 0. The van der Waals surface area contributed by atoms with Crippen molar-refractivity contribution >= 4 is 28.8 Å². The molecular formula is C33H38IrNO2-. The topological polar surface area (TPSA) is 50.2 Å². The van der Waals surface area contributed by atoms with Crippen LogP contribution in [0.3, 0.4) is 0 Å². The molecule has 2 saturated carbocycles. The van der Waals surface area contributed by atoms with Crippen molar-refractivity contribution in [2.45, 2.75) is 72.6 Å². The van der Waals surface area contributed by atoms with E-state index >= 15 is 0 Å². The predicted molar refractivity (Wildman–Crippen MR) is 151 cm³/mol. The maximum absolute atomic E-state index is 11.8. The molecule has 197 valence electrons. The molecule has 1 aromatic heterocycles. The van der Waals surface area contributed by atoms with Crippen LogP contribution in [0.4, 0.5) is 0 Å². The number of hydrogen-bond acceptors (Lipinski definition) is 3. The van der Waals surface area contributed by atoms with Crippen LogP contribution >= 0.6 is 0 Å². The zero-order valence-electron chi connectivity index (χ0n) is 21.1. The number of benzene rings is 2. The molecule has 0 saturated heterocycles. The number of allylic oxidation sites excluding steroid dienone is 2. The third-order valence-electron chi connectivity index (χ3n) is 7.58. The van der Waals surface area contributed by atoms with Crippen LogP contribution in [0, 0.1) is 31.7 Å². The third-order valence-corrected chi connectivity index (χ3v) is 7.58. The Morgan fingerprint density at radius 1 is 0.946 bits per heavy atom. The van der Waals surface area contributed by atoms with Crippen LogP contribution in [0.15, 0.2) is 48.2 Å². The summed E-state index contributed by atoms with van der Waals surface area (Å²) in [5.41, 5.74) is 8.07. The Morgan fingerprint density at radius 3 is 2.27 bits per heavy atom. The minimum absolute atomic E-state index is 0. The summed E-state index contributed by atoms with van der Waals surface area (Å²) in [6.07, 6.45) is 14.7. The number of carbonyl (C=O) groups is 1. The molecule has 0 atom stereocenters. The molecule has 6 rings (SSSR count). The van der Waals surface area contributed by atoms with E-state index in [0.29, 0.717) is 5.76 Å². The van der Waals surface area contributed by atoms with Crippen LogP contribution in [0.1, 0.15) is 81.0 Å². The summed E-state index contributed by atoms with van der Waals surface area (Å²) in [5.74, 6) is 0.991. The Hall–Kier alpha value is -2.55. The van der Waals surface area contributed by atoms with Crippen molar-refractivity contribution in [1.29, 1.82) is 0 Å². The number of ketones is 1. The standard InChI is InChI=1S/C19H14N.C13H20O2.CH4.Ir/c1-12-8-13(2)10-16(9-12)18-11-15-7-6-14-4-3-5-17(20-18)19(14)15;14-12(10-5-1-2-6-10)9-13(15)11-7-3-4-8-11;;/h3-9,11H,1-2H3;9-11,14H,1-8H2;1H4;/q-1;;;. The fraction of sp³-hybridized carbons (Fsp3) is 0.394. The van der Waals surface area contributed by atoms with Crippen LogP contribution in [0.2, 0.25) is 0 Å². The number of aromatic nitrogens is 1. The fourth-order valence-electron chi connectivity index (χ4n) is 5.78. The van der Waals surface area contributed by atoms with Gasteiger partial charge in [-0.3, -0.25) is 9.78 Å². The molecule has 0 amide bonds. The fourth-order valence-corrected chi connectivity index (χ4v) is 5.78. The van der Waals surface area contributed by atoms with Gasteiger partial charge in [0.1, 0.15) is 0 Å². The first kappa shape index (κ1) is 29.0. The Bertz CT molecular complexity index is 1290. The Morgan fingerprint density at radius 2 is 1.59 bits per heavy atom. The van der Waals surface area contributed by atoms with Crippen molar-refractivity contribution < 1.29 is 30.0 Å². The van der Waals surface area contributed by atoms with Crippen molar-refractivity contribution in [3.63, 3.8) is 0 Å². The van der Waals surface area contributed by atoms with Crippen LogP contribution in [-0.2, 0) is 24.9 Å². The normalized spacial score (nSPS) is 16.8. The molecule has 3 aromatic rings. The molecule has 1 radical (unpaired) electrons. The van der Waals surface area contributed by atoms with E-state index in [1.807, 2.05) is 0 Å². The van der Waals surface area contributed by atoms with Gasteiger partial charge in [0.15, 0.2) is 5.78 Å². The minimum Gasteiger partial charge on any atom is -0.512 e. The predicted octanol–water partition coefficient (Wildman–Crippen LogP) is 8.81. The van der Waals surface area contributed by atoms with Gasteiger partial charge < -0.3 is 5.11 Å². The molecule has 2 aromatic carbocycles. The smallest absolute Gasteiger partial charge is 0.162 e. The Kier molecular flexibility index (Phi) is 10.0. The third kappa shape index (κ3) is 6.67. The van der Waals surface area contributed by atoms with Crippen molar-refractivity contribution in [2.24, 2.45) is 11.8 Å². The first-order valence-corrected chi connectivity index (χ1v) is 13.0. The summed E-state index contributed by atoms with van der Waals surface area (Å²) in [6, 6.07) is 16.2. The monoisotopic (exact) mass is 673 g/mol. The molecule has 1 heterocycles. The zero-order chi connectivity index (χ0) is 24.4. The maximum Gasteiger partial charge on any atom is 0.162 e. The number of rotatable bonds is 4. The molecule has 3 aliphatic carbocycles. The van der Waals surface area contributed by atoms with E-state index in [2.05, 4.69) is 68.5 Å². The van der Waals surface area contributed by atoms with E-state index < -0.39 is 0 Å². The summed E-state index contributed by atoms with van der Waals surface area (Å²) in [6.45, 7) is 4.19. The number of nitrogens with zero attached hydrogens (tertiary/aromatic N) is 1. The van der Waals surface area contributed by atoms with Crippen LogP contribution < -0.4 is 0 Å². The molecule has 4 heteroatoms. The van der Waals surface area contributed by atoms with Gasteiger partial charge in [0, 0.05) is 43.4 Å². The van der Waals surface area contributed by atoms with E-state index in [1.54, 1.807) is 0 Å².